The normalized spacial score (nSPS) is 19.6. The second-order valence-corrected chi connectivity index (χ2v) is 3.95. The van der Waals surface area contributed by atoms with E-state index in [0.717, 1.165) is 36.3 Å². The van der Waals surface area contributed by atoms with Crippen LogP contribution >= 0.6 is 0 Å². The maximum atomic E-state index is 11.6. The highest BCUT2D eigenvalue weighted by molar-refractivity contribution is 5.95. The molecule has 3 heteroatoms. The number of hydrogen-bond acceptors (Lipinski definition) is 2. The number of rotatable bonds is 2. The smallest absolute Gasteiger partial charge is 0.227 e. The Balaban J connectivity index is 2.33. The molecule has 0 aliphatic carbocycles. The molecule has 0 radical (unpaired) electrons. The van der Waals surface area contributed by atoms with Gasteiger partial charge in [0.2, 0.25) is 5.91 Å². The number of carbonyl (C=O) groups is 1. The minimum absolute atomic E-state index is 0.0945. The molecule has 3 nitrogen and oxygen atoms in total. The topological polar surface area (TPSA) is 42.0 Å². The predicted octanol–water partition coefficient (Wildman–Crippen LogP) is 2.16. The molecule has 1 aromatic heterocycles. The van der Waals surface area contributed by atoms with Crippen molar-refractivity contribution in [2.24, 2.45) is 5.92 Å². The summed E-state index contributed by atoms with van der Waals surface area (Å²) >= 11 is 0. The Labute approximate surface area is 89.9 Å². The van der Waals surface area contributed by atoms with Gasteiger partial charge < -0.3 is 5.32 Å². The van der Waals surface area contributed by atoms with Crippen molar-refractivity contribution in [3.8, 4) is 0 Å². The largest absolute Gasteiger partial charge is 0.324 e. The van der Waals surface area contributed by atoms with Crippen molar-refractivity contribution in [1.82, 2.24) is 4.98 Å². The first-order chi connectivity index (χ1) is 7.24. The van der Waals surface area contributed by atoms with Gasteiger partial charge in [-0.25, -0.2) is 0 Å². The molecule has 1 aromatic rings. The van der Waals surface area contributed by atoms with Crippen molar-refractivity contribution in [2.45, 2.75) is 33.1 Å². The highest BCUT2D eigenvalue weighted by Crippen LogP contribution is 2.25. The summed E-state index contributed by atoms with van der Waals surface area (Å²) in [6, 6.07) is 3.94. The lowest BCUT2D eigenvalue weighted by molar-refractivity contribution is -0.120. The van der Waals surface area contributed by atoms with Crippen LogP contribution in [0.1, 0.15) is 31.7 Å². The number of aryl methyl sites for hydroxylation is 1. The molecular formula is C12H16N2O. The van der Waals surface area contributed by atoms with Crippen molar-refractivity contribution in [3.05, 3.63) is 23.5 Å². The van der Waals surface area contributed by atoms with E-state index in [2.05, 4.69) is 17.2 Å². The van der Waals surface area contributed by atoms with Gasteiger partial charge in [0.05, 0.1) is 11.4 Å². The summed E-state index contributed by atoms with van der Waals surface area (Å²) in [5, 5.41) is 2.91. The first-order valence-electron chi connectivity index (χ1n) is 5.54. The second-order valence-electron chi connectivity index (χ2n) is 3.95. The van der Waals surface area contributed by atoms with Crippen LogP contribution in [0, 0.1) is 5.92 Å². The number of fused-ring (bicyclic) bond motifs is 1. The Morgan fingerprint density at radius 1 is 1.47 bits per heavy atom. The van der Waals surface area contributed by atoms with E-state index in [9.17, 15) is 4.79 Å². The third kappa shape index (κ3) is 1.87. The van der Waals surface area contributed by atoms with E-state index in [1.165, 1.54) is 0 Å². The van der Waals surface area contributed by atoms with Gasteiger partial charge in [-0.1, -0.05) is 13.8 Å². The van der Waals surface area contributed by atoms with Gasteiger partial charge in [0.1, 0.15) is 0 Å². The Morgan fingerprint density at radius 2 is 2.27 bits per heavy atom. The van der Waals surface area contributed by atoms with Crippen LogP contribution in [0.3, 0.4) is 0 Å². The lowest BCUT2D eigenvalue weighted by Crippen LogP contribution is -2.30. The molecule has 15 heavy (non-hydrogen) atoms. The molecule has 0 aromatic carbocycles. The summed E-state index contributed by atoms with van der Waals surface area (Å²) in [6.07, 6.45) is 2.60. The first kappa shape index (κ1) is 10.1. The fraction of sp³-hybridized carbons (Fsp3) is 0.500. The van der Waals surface area contributed by atoms with E-state index in [1.807, 2.05) is 19.1 Å². The molecule has 1 unspecified atom stereocenters. The van der Waals surface area contributed by atoms with Crippen LogP contribution in [0.25, 0.3) is 0 Å². The number of amides is 1. The summed E-state index contributed by atoms with van der Waals surface area (Å²) in [6.45, 7) is 4.13. The van der Waals surface area contributed by atoms with Crippen molar-refractivity contribution in [3.63, 3.8) is 0 Å². The SMILES string of the molecule is CCc1ccc2c(n1)CC(CC)C(=O)N2. The van der Waals surface area contributed by atoms with Crippen LogP contribution in [0.15, 0.2) is 12.1 Å². The average molecular weight is 204 g/mol. The molecule has 2 heterocycles. The van der Waals surface area contributed by atoms with Gasteiger partial charge in [0.15, 0.2) is 0 Å². The highest BCUT2D eigenvalue weighted by atomic mass is 16.1. The lowest BCUT2D eigenvalue weighted by atomic mass is 9.94. The molecule has 80 valence electrons. The number of hydrogen-bond donors (Lipinski definition) is 1. The third-order valence-electron chi connectivity index (χ3n) is 2.96. The zero-order chi connectivity index (χ0) is 10.8. The molecule has 1 N–H and O–H groups in total. The highest BCUT2D eigenvalue weighted by Gasteiger charge is 2.25. The van der Waals surface area contributed by atoms with Crippen molar-refractivity contribution < 1.29 is 4.79 Å². The van der Waals surface area contributed by atoms with Crippen molar-refractivity contribution >= 4 is 11.6 Å². The van der Waals surface area contributed by atoms with E-state index in [4.69, 9.17) is 0 Å². The van der Waals surface area contributed by atoms with Gasteiger partial charge in [-0.05, 0) is 25.0 Å². The molecular weight excluding hydrogens is 188 g/mol. The Morgan fingerprint density at radius 3 is 2.93 bits per heavy atom. The summed E-state index contributed by atoms with van der Waals surface area (Å²) in [5.41, 5.74) is 3.03. The third-order valence-corrected chi connectivity index (χ3v) is 2.96. The van der Waals surface area contributed by atoms with Crippen LogP contribution in [0.5, 0.6) is 0 Å². The fourth-order valence-electron chi connectivity index (χ4n) is 1.90. The Hall–Kier alpha value is -1.38. The van der Waals surface area contributed by atoms with E-state index in [0.29, 0.717) is 0 Å². The summed E-state index contributed by atoms with van der Waals surface area (Å²) in [4.78, 5) is 16.2. The number of anilines is 1. The van der Waals surface area contributed by atoms with Gasteiger partial charge in [0.25, 0.3) is 0 Å². The molecule has 1 amide bonds. The standard InChI is InChI=1S/C12H16N2O/c1-3-8-7-11-10(14-12(8)15)6-5-9(4-2)13-11/h5-6,8H,3-4,7H2,1-2H3,(H,14,15). The molecule has 1 aliphatic rings. The Kier molecular flexibility index (Phi) is 2.71. The van der Waals surface area contributed by atoms with Gasteiger partial charge >= 0.3 is 0 Å². The lowest BCUT2D eigenvalue weighted by Gasteiger charge is -2.23. The van der Waals surface area contributed by atoms with Gasteiger partial charge in [-0.15, -0.1) is 0 Å². The minimum atomic E-state index is 0.0945. The number of aromatic nitrogens is 1. The maximum Gasteiger partial charge on any atom is 0.227 e. The summed E-state index contributed by atoms with van der Waals surface area (Å²) in [7, 11) is 0. The molecule has 2 rings (SSSR count). The molecule has 0 spiro atoms. The zero-order valence-corrected chi connectivity index (χ0v) is 9.21. The van der Waals surface area contributed by atoms with E-state index < -0.39 is 0 Å². The van der Waals surface area contributed by atoms with Gasteiger partial charge in [-0.2, -0.15) is 0 Å². The molecule has 0 saturated carbocycles. The van der Waals surface area contributed by atoms with Crippen LogP contribution in [0.2, 0.25) is 0 Å². The van der Waals surface area contributed by atoms with Crippen LogP contribution in [-0.2, 0) is 17.6 Å². The average Bonchev–Trinajstić information content (AvgIpc) is 2.27. The van der Waals surface area contributed by atoms with E-state index in [-0.39, 0.29) is 11.8 Å². The van der Waals surface area contributed by atoms with E-state index in [1.54, 1.807) is 0 Å². The molecule has 1 atom stereocenters. The molecule has 0 bridgehead atoms. The predicted molar refractivity (Wildman–Crippen MR) is 59.7 cm³/mol. The second kappa shape index (κ2) is 4.01. The van der Waals surface area contributed by atoms with Gasteiger partial charge in [-0.3, -0.25) is 9.78 Å². The molecule has 0 fully saturated rings. The van der Waals surface area contributed by atoms with Crippen LogP contribution in [-0.4, -0.2) is 10.9 Å². The first-order valence-corrected chi connectivity index (χ1v) is 5.54. The number of nitrogens with zero attached hydrogens (tertiary/aromatic N) is 1. The number of nitrogens with one attached hydrogen (secondary N) is 1. The van der Waals surface area contributed by atoms with Crippen LogP contribution in [0.4, 0.5) is 5.69 Å². The van der Waals surface area contributed by atoms with Gasteiger partial charge in [0, 0.05) is 18.0 Å². The fourth-order valence-corrected chi connectivity index (χ4v) is 1.90. The minimum Gasteiger partial charge on any atom is -0.324 e. The quantitative estimate of drug-likeness (QED) is 0.802. The monoisotopic (exact) mass is 204 g/mol. The molecule has 1 aliphatic heterocycles. The summed E-state index contributed by atoms with van der Waals surface area (Å²) in [5.74, 6) is 0.230. The molecule has 0 saturated heterocycles. The van der Waals surface area contributed by atoms with Crippen LogP contribution < -0.4 is 5.32 Å². The summed E-state index contributed by atoms with van der Waals surface area (Å²) < 4.78 is 0. The van der Waals surface area contributed by atoms with Crippen molar-refractivity contribution in [2.75, 3.05) is 5.32 Å². The number of carbonyl (C=O) groups excluding carboxylic acids is 1. The van der Waals surface area contributed by atoms with E-state index >= 15 is 0 Å². The maximum absolute atomic E-state index is 11.6. The Bertz CT molecular complexity index is 387. The van der Waals surface area contributed by atoms with Crippen molar-refractivity contribution in [1.29, 1.82) is 0 Å². The zero-order valence-electron chi connectivity index (χ0n) is 9.21. The number of pyridine rings is 1.